The zero-order chi connectivity index (χ0) is 13.0. The molecule has 0 aliphatic rings. The first-order valence-electron chi connectivity index (χ1n) is 5.92. The fraction of sp³-hybridized carbons (Fsp3) is 0.200. The molecule has 2 rings (SSSR count). The fourth-order valence-corrected chi connectivity index (χ4v) is 1.70. The molecule has 3 nitrogen and oxygen atoms in total. The maximum atomic E-state index is 9.00. The van der Waals surface area contributed by atoms with Gasteiger partial charge in [0, 0.05) is 11.9 Å². The van der Waals surface area contributed by atoms with Crippen molar-refractivity contribution in [3.63, 3.8) is 0 Å². The van der Waals surface area contributed by atoms with Crippen LogP contribution in [0.2, 0.25) is 0 Å². The zero-order valence-corrected chi connectivity index (χ0v) is 10.5. The molecule has 18 heavy (non-hydrogen) atoms. The molecular formula is C15H15N3. The highest BCUT2D eigenvalue weighted by Crippen LogP contribution is 2.21. The predicted molar refractivity (Wildman–Crippen MR) is 72.8 cm³/mol. The van der Waals surface area contributed by atoms with Crippen LogP contribution in [-0.2, 0) is 0 Å². The monoisotopic (exact) mass is 237 g/mol. The Labute approximate surface area is 107 Å². The summed E-state index contributed by atoms with van der Waals surface area (Å²) in [5.74, 6) is 0.520. The van der Waals surface area contributed by atoms with Crippen molar-refractivity contribution < 1.29 is 0 Å². The van der Waals surface area contributed by atoms with Gasteiger partial charge in [0.15, 0.2) is 0 Å². The minimum atomic E-state index is 0.520. The van der Waals surface area contributed by atoms with Gasteiger partial charge in [0.05, 0.1) is 17.4 Å². The van der Waals surface area contributed by atoms with Crippen LogP contribution < -0.4 is 5.32 Å². The Hall–Kier alpha value is -2.34. The summed E-state index contributed by atoms with van der Waals surface area (Å²) in [6.07, 6.45) is 3.28. The van der Waals surface area contributed by atoms with E-state index in [1.54, 1.807) is 18.5 Å². The average Bonchev–Trinajstić information content (AvgIpc) is 2.40. The standard InChI is InChI=1S/C15H15N3/c1-11(2)12-3-5-14(6-4-12)18-15-10-17-8-7-13(15)9-16/h3-8,10-11,18H,1-2H3. The van der Waals surface area contributed by atoms with Crippen LogP contribution in [0, 0.1) is 11.3 Å². The first-order valence-corrected chi connectivity index (χ1v) is 5.92. The molecule has 0 saturated carbocycles. The van der Waals surface area contributed by atoms with Crippen molar-refractivity contribution in [3.05, 3.63) is 53.9 Å². The summed E-state index contributed by atoms with van der Waals surface area (Å²) in [6.45, 7) is 4.33. The lowest BCUT2D eigenvalue weighted by Gasteiger charge is -2.09. The van der Waals surface area contributed by atoms with Crippen LogP contribution in [-0.4, -0.2) is 4.98 Å². The maximum absolute atomic E-state index is 9.00. The topological polar surface area (TPSA) is 48.7 Å². The van der Waals surface area contributed by atoms with Crippen LogP contribution >= 0.6 is 0 Å². The fourth-order valence-electron chi connectivity index (χ4n) is 1.70. The zero-order valence-electron chi connectivity index (χ0n) is 10.5. The highest BCUT2D eigenvalue weighted by molar-refractivity contribution is 5.65. The number of rotatable bonds is 3. The van der Waals surface area contributed by atoms with Gasteiger partial charge in [0.1, 0.15) is 6.07 Å². The number of hydrogen-bond acceptors (Lipinski definition) is 3. The SMILES string of the molecule is CC(C)c1ccc(Nc2cnccc2C#N)cc1. The van der Waals surface area contributed by atoms with Gasteiger partial charge in [-0.1, -0.05) is 26.0 Å². The van der Waals surface area contributed by atoms with Gasteiger partial charge in [-0.2, -0.15) is 5.26 Å². The molecule has 0 fully saturated rings. The summed E-state index contributed by atoms with van der Waals surface area (Å²) in [6, 6.07) is 12.1. The van der Waals surface area contributed by atoms with Crippen LogP contribution in [0.5, 0.6) is 0 Å². The Morgan fingerprint density at radius 1 is 1.17 bits per heavy atom. The van der Waals surface area contributed by atoms with E-state index < -0.39 is 0 Å². The lowest BCUT2D eigenvalue weighted by Crippen LogP contribution is -1.95. The molecule has 1 aromatic carbocycles. The molecule has 3 heteroatoms. The summed E-state index contributed by atoms with van der Waals surface area (Å²) in [5, 5.41) is 12.2. The summed E-state index contributed by atoms with van der Waals surface area (Å²) in [5.41, 5.74) is 3.59. The Morgan fingerprint density at radius 3 is 2.50 bits per heavy atom. The van der Waals surface area contributed by atoms with Gasteiger partial charge in [-0.05, 0) is 29.7 Å². The Balaban J connectivity index is 2.22. The minimum Gasteiger partial charge on any atom is -0.353 e. The highest BCUT2D eigenvalue weighted by Gasteiger charge is 2.03. The van der Waals surface area contributed by atoms with Gasteiger partial charge in [-0.15, -0.1) is 0 Å². The number of aromatic nitrogens is 1. The number of nitrogens with one attached hydrogen (secondary N) is 1. The van der Waals surface area contributed by atoms with E-state index in [-0.39, 0.29) is 0 Å². The van der Waals surface area contributed by atoms with Crippen LogP contribution in [0.25, 0.3) is 0 Å². The van der Waals surface area contributed by atoms with Gasteiger partial charge in [-0.3, -0.25) is 4.98 Å². The molecule has 2 aromatic rings. The second-order valence-corrected chi connectivity index (χ2v) is 4.43. The molecule has 0 unspecified atom stereocenters. The van der Waals surface area contributed by atoms with E-state index in [0.717, 1.165) is 11.4 Å². The van der Waals surface area contributed by atoms with Crippen molar-refractivity contribution in [1.29, 1.82) is 5.26 Å². The number of benzene rings is 1. The molecule has 0 aliphatic carbocycles. The largest absolute Gasteiger partial charge is 0.353 e. The quantitative estimate of drug-likeness (QED) is 0.882. The Kier molecular flexibility index (Phi) is 3.59. The summed E-state index contributed by atoms with van der Waals surface area (Å²) < 4.78 is 0. The molecule has 0 spiro atoms. The van der Waals surface area contributed by atoms with E-state index in [9.17, 15) is 0 Å². The predicted octanol–water partition coefficient (Wildman–Crippen LogP) is 3.82. The number of nitrogens with zero attached hydrogens (tertiary/aromatic N) is 2. The van der Waals surface area contributed by atoms with Gasteiger partial charge in [-0.25, -0.2) is 0 Å². The van der Waals surface area contributed by atoms with Crippen LogP contribution in [0.3, 0.4) is 0 Å². The molecule has 0 aliphatic heterocycles. The molecule has 0 saturated heterocycles. The van der Waals surface area contributed by atoms with Crippen molar-refractivity contribution >= 4 is 11.4 Å². The normalized spacial score (nSPS) is 10.1. The van der Waals surface area contributed by atoms with Crippen LogP contribution in [0.1, 0.15) is 30.9 Å². The average molecular weight is 237 g/mol. The molecular weight excluding hydrogens is 222 g/mol. The van der Waals surface area contributed by atoms with Crippen LogP contribution in [0.4, 0.5) is 11.4 Å². The van der Waals surface area contributed by atoms with E-state index >= 15 is 0 Å². The van der Waals surface area contributed by atoms with Gasteiger partial charge >= 0.3 is 0 Å². The van der Waals surface area contributed by atoms with Crippen molar-refractivity contribution in [3.8, 4) is 6.07 Å². The van der Waals surface area contributed by atoms with E-state index in [1.807, 2.05) is 12.1 Å². The second-order valence-electron chi connectivity index (χ2n) is 4.43. The summed E-state index contributed by atoms with van der Waals surface area (Å²) >= 11 is 0. The lowest BCUT2D eigenvalue weighted by atomic mass is 10.0. The Bertz CT molecular complexity index is 565. The molecule has 1 heterocycles. The van der Waals surface area contributed by atoms with E-state index in [0.29, 0.717) is 11.5 Å². The van der Waals surface area contributed by atoms with Crippen LogP contribution in [0.15, 0.2) is 42.7 Å². The first-order chi connectivity index (χ1) is 8.70. The summed E-state index contributed by atoms with van der Waals surface area (Å²) in [4.78, 5) is 4.02. The third-order valence-corrected chi connectivity index (χ3v) is 2.80. The first kappa shape index (κ1) is 12.1. The molecule has 0 amide bonds. The molecule has 90 valence electrons. The number of hydrogen-bond donors (Lipinski definition) is 1. The summed E-state index contributed by atoms with van der Waals surface area (Å²) in [7, 11) is 0. The molecule has 0 bridgehead atoms. The molecule has 0 radical (unpaired) electrons. The van der Waals surface area contributed by atoms with Crippen molar-refractivity contribution in [2.24, 2.45) is 0 Å². The number of pyridine rings is 1. The van der Waals surface area contributed by atoms with E-state index in [1.165, 1.54) is 5.56 Å². The third kappa shape index (κ3) is 2.67. The highest BCUT2D eigenvalue weighted by atomic mass is 14.9. The molecule has 1 N–H and O–H groups in total. The van der Waals surface area contributed by atoms with Crippen molar-refractivity contribution in [2.75, 3.05) is 5.32 Å². The minimum absolute atomic E-state index is 0.520. The smallest absolute Gasteiger partial charge is 0.101 e. The van der Waals surface area contributed by atoms with E-state index in [2.05, 4.69) is 42.4 Å². The number of nitriles is 1. The number of anilines is 2. The van der Waals surface area contributed by atoms with Gasteiger partial charge < -0.3 is 5.32 Å². The Morgan fingerprint density at radius 2 is 1.89 bits per heavy atom. The van der Waals surface area contributed by atoms with Crippen molar-refractivity contribution in [1.82, 2.24) is 4.98 Å². The molecule has 0 atom stereocenters. The lowest BCUT2D eigenvalue weighted by molar-refractivity contribution is 0.867. The third-order valence-electron chi connectivity index (χ3n) is 2.80. The van der Waals surface area contributed by atoms with Gasteiger partial charge in [0.25, 0.3) is 0 Å². The second kappa shape index (κ2) is 5.33. The van der Waals surface area contributed by atoms with Crippen molar-refractivity contribution in [2.45, 2.75) is 19.8 Å². The maximum Gasteiger partial charge on any atom is 0.101 e. The molecule has 1 aromatic heterocycles. The van der Waals surface area contributed by atoms with E-state index in [4.69, 9.17) is 5.26 Å². The van der Waals surface area contributed by atoms with Gasteiger partial charge in [0.2, 0.25) is 0 Å².